The molecule has 0 aliphatic carbocycles. The molecule has 108 valence electrons. The highest BCUT2D eigenvalue weighted by molar-refractivity contribution is 14.1. The Morgan fingerprint density at radius 2 is 2.10 bits per heavy atom. The quantitative estimate of drug-likeness (QED) is 0.629. The normalized spacial score (nSPS) is 13.9. The lowest BCUT2D eigenvalue weighted by atomic mass is 10.1. The second-order valence-electron chi connectivity index (χ2n) is 4.62. The van der Waals surface area contributed by atoms with Crippen LogP contribution in [-0.2, 0) is 11.3 Å². The van der Waals surface area contributed by atoms with Gasteiger partial charge in [-0.3, -0.25) is 4.79 Å². The van der Waals surface area contributed by atoms with Gasteiger partial charge < -0.3 is 9.64 Å². The first-order valence-electron chi connectivity index (χ1n) is 6.21. The molecule has 0 fully saturated rings. The number of benzene rings is 2. The van der Waals surface area contributed by atoms with E-state index < -0.39 is 0 Å². The van der Waals surface area contributed by atoms with Gasteiger partial charge in [-0.25, -0.2) is 4.39 Å². The fourth-order valence-corrected chi connectivity index (χ4v) is 2.97. The molecule has 1 amide bonds. The summed E-state index contributed by atoms with van der Waals surface area (Å²) in [7, 11) is 0. The van der Waals surface area contributed by atoms with Crippen LogP contribution in [0, 0.1) is 9.39 Å². The lowest BCUT2D eigenvalue weighted by molar-refractivity contribution is -0.121. The minimum absolute atomic E-state index is 0.0226. The minimum atomic E-state index is -0.337. The molecule has 2 aromatic rings. The molecule has 1 heterocycles. The monoisotopic (exact) mass is 461 g/mol. The molecule has 0 unspecified atom stereocenters. The number of ether oxygens (including phenoxy) is 1. The standard InChI is InChI=1S/C15H10BrFINO2/c16-10-2-1-9(12(17)5-10)7-19-13-4-3-11(18)6-14(13)21-8-15(19)20/h1-6H,7-8H2. The van der Waals surface area contributed by atoms with Crippen molar-refractivity contribution in [1.82, 2.24) is 0 Å². The summed E-state index contributed by atoms with van der Waals surface area (Å²) < 4.78 is 21.1. The number of halogens is 3. The van der Waals surface area contributed by atoms with E-state index in [1.54, 1.807) is 17.0 Å². The topological polar surface area (TPSA) is 29.5 Å². The van der Waals surface area contributed by atoms with Gasteiger partial charge in [-0.15, -0.1) is 0 Å². The Labute approximate surface area is 143 Å². The van der Waals surface area contributed by atoms with Crippen molar-refractivity contribution >= 4 is 50.1 Å². The van der Waals surface area contributed by atoms with E-state index in [1.807, 2.05) is 18.2 Å². The van der Waals surface area contributed by atoms with E-state index in [2.05, 4.69) is 38.5 Å². The number of rotatable bonds is 2. The van der Waals surface area contributed by atoms with E-state index in [0.29, 0.717) is 21.5 Å². The van der Waals surface area contributed by atoms with E-state index in [9.17, 15) is 9.18 Å². The predicted octanol–water partition coefficient (Wildman–Crippen LogP) is 4.12. The summed E-state index contributed by atoms with van der Waals surface area (Å²) in [5.74, 6) is 0.140. The molecule has 3 rings (SSSR count). The summed E-state index contributed by atoms with van der Waals surface area (Å²) in [5.41, 5.74) is 1.15. The zero-order valence-electron chi connectivity index (χ0n) is 10.8. The molecule has 0 saturated carbocycles. The zero-order chi connectivity index (χ0) is 15.0. The van der Waals surface area contributed by atoms with Crippen LogP contribution in [0.15, 0.2) is 40.9 Å². The maximum Gasteiger partial charge on any atom is 0.265 e. The number of hydrogen-bond acceptors (Lipinski definition) is 2. The van der Waals surface area contributed by atoms with Crippen molar-refractivity contribution in [2.45, 2.75) is 6.54 Å². The highest BCUT2D eigenvalue weighted by Crippen LogP contribution is 2.34. The highest BCUT2D eigenvalue weighted by Gasteiger charge is 2.26. The Kier molecular flexibility index (Phi) is 4.17. The summed E-state index contributed by atoms with van der Waals surface area (Å²) in [6.45, 7) is 0.167. The third kappa shape index (κ3) is 3.06. The van der Waals surface area contributed by atoms with Crippen molar-refractivity contribution in [3.63, 3.8) is 0 Å². The lowest BCUT2D eigenvalue weighted by Crippen LogP contribution is -2.38. The fourth-order valence-electron chi connectivity index (χ4n) is 2.17. The Morgan fingerprint density at radius 3 is 2.86 bits per heavy atom. The van der Waals surface area contributed by atoms with E-state index in [-0.39, 0.29) is 24.9 Å². The van der Waals surface area contributed by atoms with Crippen molar-refractivity contribution in [3.8, 4) is 5.75 Å². The smallest absolute Gasteiger partial charge is 0.265 e. The average molecular weight is 462 g/mol. The first-order chi connectivity index (χ1) is 10.0. The van der Waals surface area contributed by atoms with Gasteiger partial charge in [-0.1, -0.05) is 22.0 Å². The SMILES string of the molecule is O=C1COc2cc(I)ccc2N1Cc1ccc(Br)cc1F. The van der Waals surface area contributed by atoms with Crippen LogP contribution in [0.5, 0.6) is 5.75 Å². The molecule has 0 atom stereocenters. The van der Waals surface area contributed by atoms with Crippen LogP contribution in [0.4, 0.5) is 10.1 Å². The second kappa shape index (κ2) is 5.92. The van der Waals surface area contributed by atoms with Crippen LogP contribution in [-0.4, -0.2) is 12.5 Å². The molecule has 3 nitrogen and oxygen atoms in total. The lowest BCUT2D eigenvalue weighted by Gasteiger charge is -2.29. The van der Waals surface area contributed by atoms with Gasteiger partial charge >= 0.3 is 0 Å². The number of carbonyl (C=O) groups excluding carboxylic acids is 1. The summed E-state index contributed by atoms with van der Waals surface area (Å²) in [4.78, 5) is 13.6. The number of carbonyl (C=O) groups is 1. The van der Waals surface area contributed by atoms with Gasteiger partial charge in [0, 0.05) is 13.6 Å². The number of anilines is 1. The molecule has 0 radical (unpaired) electrons. The first kappa shape index (κ1) is 14.8. The van der Waals surface area contributed by atoms with Crippen LogP contribution in [0.3, 0.4) is 0 Å². The Balaban J connectivity index is 1.96. The van der Waals surface area contributed by atoms with Crippen molar-refractivity contribution < 1.29 is 13.9 Å². The van der Waals surface area contributed by atoms with Gasteiger partial charge in [-0.2, -0.15) is 0 Å². The van der Waals surface area contributed by atoms with Crippen LogP contribution in [0.2, 0.25) is 0 Å². The van der Waals surface area contributed by atoms with Crippen LogP contribution in [0.1, 0.15) is 5.56 Å². The predicted molar refractivity (Wildman–Crippen MR) is 89.9 cm³/mol. The molecule has 0 saturated heterocycles. The molecular weight excluding hydrogens is 452 g/mol. The Morgan fingerprint density at radius 1 is 1.29 bits per heavy atom. The molecular formula is C15H10BrFINO2. The Bertz CT molecular complexity index is 723. The zero-order valence-corrected chi connectivity index (χ0v) is 14.5. The molecule has 1 aliphatic heterocycles. The number of amides is 1. The van der Waals surface area contributed by atoms with Gasteiger partial charge in [0.05, 0.1) is 12.2 Å². The third-order valence-corrected chi connectivity index (χ3v) is 4.37. The van der Waals surface area contributed by atoms with Crippen molar-refractivity contribution in [1.29, 1.82) is 0 Å². The first-order valence-corrected chi connectivity index (χ1v) is 8.08. The number of fused-ring (bicyclic) bond motifs is 1. The maximum atomic E-state index is 14.0. The number of hydrogen-bond donors (Lipinski definition) is 0. The Hall–Kier alpha value is -1.15. The average Bonchev–Trinajstić information content (AvgIpc) is 2.44. The highest BCUT2D eigenvalue weighted by atomic mass is 127. The van der Waals surface area contributed by atoms with Crippen LogP contribution >= 0.6 is 38.5 Å². The van der Waals surface area contributed by atoms with Gasteiger partial charge in [0.15, 0.2) is 6.61 Å². The summed E-state index contributed by atoms with van der Waals surface area (Å²) >= 11 is 5.41. The van der Waals surface area contributed by atoms with E-state index >= 15 is 0 Å². The molecule has 2 aromatic carbocycles. The van der Waals surface area contributed by atoms with Crippen LogP contribution in [0.25, 0.3) is 0 Å². The molecule has 1 aliphatic rings. The van der Waals surface area contributed by atoms with Gasteiger partial charge in [-0.05, 0) is 52.9 Å². The molecule has 0 aromatic heterocycles. The minimum Gasteiger partial charge on any atom is -0.482 e. The molecule has 0 bridgehead atoms. The molecule has 0 spiro atoms. The van der Waals surface area contributed by atoms with Gasteiger partial charge in [0.25, 0.3) is 5.91 Å². The largest absolute Gasteiger partial charge is 0.482 e. The summed E-state index contributed by atoms with van der Waals surface area (Å²) in [6.07, 6.45) is 0. The molecule has 6 heteroatoms. The van der Waals surface area contributed by atoms with Crippen LogP contribution < -0.4 is 9.64 Å². The van der Waals surface area contributed by atoms with Gasteiger partial charge in [0.1, 0.15) is 11.6 Å². The van der Waals surface area contributed by atoms with E-state index in [1.165, 1.54) is 6.07 Å². The summed E-state index contributed by atoms with van der Waals surface area (Å²) in [5, 5.41) is 0. The number of nitrogens with zero attached hydrogens (tertiary/aromatic N) is 1. The van der Waals surface area contributed by atoms with Crippen molar-refractivity contribution in [2.75, 3.05) is 11.5 Å². The van der Waals surface area contributed by atoms with E-state index in [4.69, 9.17) is 4.74 Å². The maximum absolute atomic E-state index is 14.0. The summed E-state index contributed by atoms with van der Waals surface area (Å²) in [6, 6.07) is 10.4. The molecule has 21 heavy (non-hydrogen) atoms. The second-order valence-corrected chi connectivity index (χ2v) is 6.78. The third-order valence-electron chi connectivity index (χ3n) is 3.21. The van der Waals surface area contributed by atoms with Crippen molar-refractivity contribution in [2.24, 2.45) is 0 Å². The van der Waals surface area contributed by atoms with Crippen molar-refractivity contribution in [3.05, 3.63) is 55.8 Å². The van der Waals surface area contributed by atoms with E-state index in [0.717, 1.165) is 3.57 Å². The van der Waals surface area contributed by atoms with Gasteiger partial charge in [0.2, 0.25) is 0 Å². The fraction of sp³-hybridized carbons (Fsp3) is 0.133. The molecule has 0 N–H and O–H groups in total.